The van der Waals surface area contributed by atoms with Crippen LogP contribution in [-0.4, -0.2) is 18.7 Å². The van der Waals surface area contributed by atoms with Crippen LogP contribution >= 0.6 is 0 Å². The van der Waals surface area contributed by atoms with E-state index in [0.717, 1.165) is 0 Å². The average Bonchev–Trinajstić information content (AvgIpc) is 2.39. The molecular weight excluding hydrogens is 262 g/mol. The summed E-state index contributed by atoms with van der Waals surface area (Å²) in [7, 11) is -4.20. The molecule has 2 aromatic carbocycles. The number of benzene rings is 2. The van der Waals surface area contributed by atoms with Crippen molar-refractivity contribution in [2.75, 3.05) is 5.75 Å². The van der Waals surface area contributed by atoms with Crippen LogP contribution in [-0.2, 0) is 15.7 Å². The normalized spacial score (nSPS) is 12.3. The summed E-state index contributed by atoms with van der Waals surface area (Å²) in [6.07, 6.45) is 0. The molecule has 0 aliphatic rings. The van der Waals surface area contributed by atoms with Crippen LogP contribution in [0.25, 0.3) is 0 Å². The van der Waals surface area contributed by atoms with Crippen molar-refractivity contribution in [2.24, 2.45) is 5.73 Å². The minimum absolute atomic E-state index is 0.561. The highest BCUT2D eigenvalue weighted by Crippen LogP contribution is 2.28. The van der Waals surface area contributed by atoms with Crippen molar-refractivity contribution in [1.29, 1.82) is 0 Å². The highest BCUT2D eigenvalue weighted by molar-refractivity contribution is 7.85. The monoisotopic (exact) mass is 277 g/mol. The van der Waals surface area contributed by atoms with Gasteiger partial charge in [-0.25, -0.2) is 0 Å². The van der Waals surface area contributed by atoms with E-state index in [9.17, 15) is 8.42 Å². The lowest BCUT2D eigenvalue weighted by molar-refractivity contribution is 0.463. The van der Waals surface area contributed by atoms with Crippen molar-refractivity contribution in [3.8, 4) is 0 Å². The Bertz CT molecular complexity index is 599. The number of nitrogens with two attached hydrogens (primary N) is 1. The first-order chi connectivity index (χ1) is 8.92. The Morgan fingerprint density at radius 1 is 0.895 bits per heavy atom. The Morgan fingerprint density at radius 3 is 1.58 bits per heavy atom. The molecule has 0 bridgehead atoms. The number of hydrogen-bond donors (Lipinski definition) is 2. The molecule has 0 atom stereocenters. The molecule has 0 spiro atoms. The fourth-order valence-electron chi connectivity index (χ4n) is 2.09. The summed E-state index contributed by atoms with van der Waals surface area (Å²) in [6.45, 7) is 0. The van der Waals surface area contributed by atoms with Crippen molar-refractivity contribution in [3.63, 3.8) is 0 Å². The molecule has 0 unspecified atom stereocenters. The average molecular weight is 277 g/mol. The second-order valence-electron chi connectivity index (χ2n) is 4.43. The first-order valence-corrected chi connectivity index (χ1v) is 7.38. The summed E-state index contributed by atoms with van der Waals surface area (Å²) >= 11 is 0. The van der Waals surface area contributed by atoms with E-state index < -0.39 is 21.4 Å². The van der Waals surface area contributed by atoms with E-state index in [1.807, 2.05) is 12.1 Å². The summed E-state index contributed by atoms with van der Waals surface area (Å²) < 4.78 is 31.7. The van der Waals surface area contributed by atoms with E-state index in [1.165, 1.54) is 0 Å². The maximum Gasteiger partial charge on any atom is 0.267 e. The number of rotatable bonds is 4. The molecule has 19 heavy (non-hydrogen) atoms. The van der Waals surface area contributed by atoms with Gasteiger partial charge in [-0.1, -0.05) is 60.7 Å². The summed E-state index contributed by atoms with van der Waals surface area (Å²) in [6, 6.07) is 17.8. The van der Waals surface area contributed by atoms with Crippen LogP contribution in [0.3, 0.4) is 0 Å². The van der Waals surface area contributed by atoms with Gasteiger partial charge in [0.25, 0.3) is 10.1 Å². The summed E-state index contributed by atoms with van der Waals surface area (Å²) in [5.41, 5.74) is 6.30. The molecule has 3 N–H and O–H groups in total. The quantitative estimate of drug-likeness (QED) is 0.835. The van der Waals surface area contributed by atoms with Gasteiger partial charge in [-0.3, -0.25) is 4.55 Å². The Hall–Kier alpha value is -1.69. The standard InChI is InChI=1S/C14H15NO3S/c15-14(11-19(16,17)18,12-7-3-1-4-8-12)13-9-5-2-6-10-13/h1-10H,11,15H2,(H,16,17,18). The van der Waals surface area contributed by atoms with Crippen LogP contribution in [0.4, 0.5) is 0 Å². The van der Waals surface area contributed by atoms with Gasteiger partial charge in [0.1, 0.15) is 5.75 Å². The zero-order chi connectivity index (χ0) is 13.9. The van der Waals surface area contributed by atoms with Gasteiger partial charge in [0.05, 0.1) is 5.54 Å². The van der Waals surface area contributed by atoms with E-state index in [-0.39, 0.29) is 0 Å². The maximum atomic E-state index is 11.3. The van der Waals surface area contributed by atoms with Crippen molar-refractivity contribution >= 4 is 10.1 Å². The third kappa shape index (κ3) is 3.20. The largest absolute Gasteiger partial charge is 0.317 e. The molecule has 2 aromatic rings. The smallest absolute Gasteiger partial charge is 0.267 e. The second-order valence-corrected chi connectivity index (χ2v) is 5.88. The van der Waals surface area contributed by atoms with Gasteiger partial charge in [-0.2, -0.15) is 8.42 Å². The van der Waals surface area contributed by atoms with E-state index in [2.05, 4.69) is 0 Å². The zero-order valence-electron chi connectivity index (χ0n) is 10.2. The Kier molecular flexibility index (Phi) is 3.71. The van der Waals surface area contributed by atoms with Crippen LogP contribution in [0.1, 0.15) is 11.1 Å². The highest BCUT2D eigenvalue weighted by atomic mass is 32.2. The van der Waals surface area contributed by atoms with Crippen LogP contribution in [0, 0.1) is 0 Å². The predicted octanol–water partition coefficient (Wildman–Crippen LogP) is 1.78. The molecule has 0 amide bonds. The first kappa shape index (κ1) is 13.7. The van der Waals surface area contributed by atoms with Gasteiger partial charge in [-0.05, 0) is 11.1 Å². The minimum Gasteiger partial charge on any atom is -0.317 e. The lowest BCUT2D eigenvalue weighted by Crippen LogP contribution is -2.44. The van der Waals surface area contributed by atoms with Gasteiger partial charge in [-0.15, -0.1) is 0 Å². The molecule has 0 aromatic heterocycles. The Balaban J connectivity index is 2.57. The van der Waals surface area contributed by atoms with Crippen LogP contribution in [0.15, 0.2) is 60.7 Å². The van der Waals surface area contributed by atoms with Gasteiger partial charge < -0.3 is 5.73 Å². The Morgan fingerprint density at radius 2 is 1.26 bits per heavy atom. The molecular formula is C14H15NO3S. The van der Waals surface area contributed by atoms with Gasteiger partial charge in [0.15, 0.2) is 0 Å². The van der Waals surface area contributed by atoms with Crippen molar-refractivity contribution in [2.45, 2.75) is 5.54 Å². The van der Waals surface area contributed by atoms with Gasteiger partial charge in [0.2, 0.25) is 0 Å². The van der Waals surface area contributed by atoms with Crippen LogP contribution in [0.2, 0.25) is 0 Å². The predicted molar refractivity (Wildman–Crippen MR) is 74.3 cm³/mol. The van der Waals surface area contributed by atoms with E-state index in [4.69, 9.17) is 10.3 Å². The van der Waals surface area contributed by atoms with Gasteiger partial charge in [0, 0.05) is 0 Å². The minimum atomic E-state index is -4.20. The Labute approximate surface area is 112 Å². The molecule has 0 fully saturated rings. The molecule has 2 rings (SSSR count). The molecule has 0 radical (unpaired) electrons. The fourth-order valence-corrected chi connectivity index (χ4v) is 3.00. The second kappa shape index (κ2) is 5.13. The summed E-state index contributed by atoms with van der Waals surface area (Å²) in [4.78, 5) is 0. The molecule has 0 heterocycles. The molecule has 0 aliphatic carbocycles. The highest BCUT2D eigenvalue weighted by Gasteiger charge is 2.34. The lowest BCUT2D eigenvalue weighted by Gasteiger charge is -2.29. The first-order valence-electron chi connectivity index (χ1n) is 5.77. The molecule has 0 saturated heterocycles. The third-order valence-electron chi connectivity index (χ3n) is 2.99. The molecule has 0 aliphatic heterocycles. The van der Waals surface area contributed by atoms with E-state index in [1.54, 1.807) is 48.5 Å². The van der Waals surface area contributed by atoms with E-state index in [0.29, 0.717) is 11.1 Å². The molecule has 4 nitrogen and oxygen atoms in total. The maximum absolute atomic E-state index is 11.3. The zero-order valence-corrected chi connectivity index (χ0v) is 11.0. The topological polar surface area (TPSA) is 80.4 Å². The molecule has 0 saturated carbocycles. The van der Waals surface area contributed by atoms with Gasteiger partial charge >= 0.3 is 0 Å². The molecule has 100 valence electrons. The third-order valence-corrected chi connectivity index (χ3v) is 3.81. The summed E-state index contributed by atoms with van der Waals surface area (Å²) in [5.74, 6) is -0.561. The fraction of sp³-hybridized carbons (Fsp3) is 0.143. The number of hydrogen-bond acceptors (Lipinski definition) is 3. The van der Waals surface area contributed by atoms with E-state index >= 15 is 0 Å². The molecule has 5 heteroatoms. The van der Waals surface area contributed by atoms with Crippen LogP contribution in [0.5, 0.6) is 0 Å². The van der Waals surface area contributed by atoms with Crippen molar-refractivity contribution in [3.05, 3.63) is 71.8 Å². The van der Waals surface area contributed by atoms with Crippen molar-refractivity contribution in [1.82, 2.24) is 0 Å². The SMILES string of the molecule is NC(CS(=O)(=O)O)(c1ccccc1)c1ccccc1. The van der Waals surface area contributed by atoms with Crippen LogP contribution < -0.4 is 5.73 Å². The van der Waals surface area contributed by atoms with Crippen molar-refractivity contribution < 1.29 is 13.0 Å². The summed E-state index contributed by atoms with van der Waals surface area (Å²) in [5, 5.41) is 0. The lowest BCUT2D eigenvalue weighted by atomic mass is 9.85.